The maximum absolute atomic E-state index is 12.1. The number of carboxylic acid groups (broad SMARTS) is 1. The molecule has 4 rings (SSSR count). The molecular weight excluding hydrogens is 542 g/mol. The van der Waals surface area contributed by atoms with Crippen molar-refractivity contribution in [3.63, 3.8) is 0 Å². The van der Waals surface area contributed by atoms with Crippen molar-refractivity contribution >= 4 is 48.3 Å². The molecule has 0 atom stereocenters. The molecule has 0 amide bonds. The van der Waals surface area contributed by atoms with Crippen molar-refractivity contribution in [2.75, 3.05) is 34.7 Å². The smallest absolute Gasteiger partial charge is 0.290 e. The number of rotatable bonds is 11. The Morgan fingerprint density at radius 3 is 2.05 bits per heavy atom. The third kappa shape index (κ3) is 7.90. The van der Waals surface area contributed by atoms with Gasteiger partial charge >= 0.3 is 0 Å². The van der Waals surface area contributed by atoms with Gasteiger partial charge in [-0.1, -0.05) is 12.1 Å². The lowest BCUT2D eigenvalue weighted by Gasteiger charge is -2.08. The number of H-pyrrole nitrogens is 1. The molecule has 0 fully saturated rings. The molecule has 13 heteroatoms. The van der Waals surface area contributed by atoms with Crippen molar-refractivity contribution in [3.05, 3.63) is 71.0 Å². The molecule has 0 aliphatic heterocycles. The Labute approximate surface area is 228 Å². The number of benzene rings is 2. The zero-order valence-electron chi connectivity index (χ0n) is 22.4. The first-order valence-corrected chi connectivity index (χ1v) is 15.5. The Balaban J connectivity index is 0.00000134. The van der Waals surface area contributed by atoms with Crippen LogP contribution < -0.4 is 9.44 Å². The summed E-state index contributed by atoms with van der Waals surface area (Å²) >= 11 is 0. The predicted molar refractivity (Wildman–Crippen MR) is 154 cm³/mol. The molecule has 11 nitrogen and oxygen atoms in total. The third-order valence-corrected chi connectivity index (χ3v) is 9.04. The first-order valence-electron chi connectivity index (χ1n) is 12.2. The largest absolute Gasteiger partial charge is 0.483 e. The summed E-state index contributed by atoms with van der Waals surface area (Å²) in [5.41, 5.74) is 5.63. The molecule has 2 aromatic carbocycles. The van der Waals surface area contributed by atoms with E-state index in [1.807, 2.05) is 56.7 Å². The summed E-state index contributed by atoms with van der Waals surface area (Å²) < 4.78 is 55.2. The average Bonchev–Trinajstić information content (AvgIpc) is 3.43. The molecule has 0 saturated carbocycles. The zero-order valence-corrected chi connectivity index (χ0v) is 24.1. The van der Waals surface area contributed by atoms with Gasteiger partial charge in [0, 0.05) is 47.3 Å². The van der Waals surface area contributed by atoms with E-state index in [-0.39, 0.29) is 18.0 Å². The van der Waals surface area contributed by atoms with Gasteiger partial charge in [-0.15, -0.1) is 0 Å². The molecule has 4 N–H and O–H groups in total. The van der Waals surface area contributed by atoms with Crippen LogP contribution in [0.2, 0.25) is 0 Å². The van der Waals surface area contributed by atoms with Gasteiger partial charge in [-0.3, -0.25) is 4.79 Å². The maximum atomic E-state index is 12.1. The molecule has 212 valence electrons. The number of hydrogen-bond donors (Lipinski definition) is 4. The summed E-state index contributed by atoms with van der Waals surface area (Å²) in [5, 5.41) is 8.91. The standard InChI is InChI=1S/C25H33N5O4S2.CH2O2/c1-26-35(31,32)16-18-5-7-24-22(11-18)21(13-28-24)15-30-14-20(9-10-29(3)4)23-12-19(6-8-25(23)30)17-36(33,34)27-2;2-1-3/h5-8,11-14,26-28H,9-10,15-17H2,1-4H3;1H,(H,2,3). The highest BCUT2D eigenvalue weighted by Crippen LogP contribution is 2.28. The van der Waals surface area contributed by atoms with Crippen LogP contribution in [0.25, 0.3) is 21.8 Å². The van der Waals surface area contributed by atoms with Gasteiger partial charge in [0.05, 0.1) is 11.5 Å². The van der Waals surface area contributed by atoms with E-state index in [1.54, 1.807) is 0 Å². The number of aromatic nitrogens is 2. The Morgan fingerprint density at radius 2 is 1.49 bits per heavy atom. The monoisotopic (exact) mass is 577 g/mol. The van der Waals surface area contributed by atoms with Gasteiger partial charge in [-0.25, -0.2) is 26.3 Å². The Kier molecular flexibility index (Phi) is 9.91. The van der Waals surface area contributed by atoms with Crippen molar-refractivity contribution in [1.82, 2.24) is 23.9 Å². The third-order valence-electron chi connectivity index (χ3n) is 6.36. The quantitative estimate of drug-likeness (QED) is 0.199. The molecule has 0 aliphatic carbocycles. The van der Waals surface area contributed by atoms with Gasteiger partial charge < -0.3 is 19.6 Å². The molecule has 0 bridgehead atoms. The van der Waals surface area contributed by atoms with Crippen LogP contribution in [0.1, 0.15) is 22.3 Å². The second-order valence-corrected chi connectivity index (χ2v) is 13.3. The molecule has 2 aromatic heterocycles. The predicted octanol–water partition coefficient (Wildman–Crippen LogP) is 2.07. The van der Waals surface area contributed by atoms with Crippen molar-refractivity contribution in [2.45, 2.75) is 24.5 Å². The molecule has 39 heavy (non-hydrogen) atoms. The minimum Gasteiger partial charge on any atom is -0.483 e. The van der Waals surface area contributed by atoms with Crippen molar-refractivity contribution in [3.8, 4) is 0 Å². The van der Waals surface area contributed by atoms with Gasteiger partial charge in [-0.2, -0.15) is 0 Å². The lowest BCUT2D eigenvalue weighted by atomic mass is 10.1. The molecule has 0 spiro atoms. The topological polar surface area (TPSA) is 154 Å². The minimum atomic E-state index is -3.37. The van der Waals surface area contributed by atoms with Crippen LogP contribution in [0.3, 0.4) is 0 Å². The number of sulfonamides is 2. The van der Waals surface area contributed by atoms with E-state index >= 15 is 0 Å². The normalized spacial score (nSPS) is 12.1. The fourth-order valence-corrected chi connectivity index (χ4v) is 5.92. The van der Waals surface area contributed by atoms with Crippen LogP contribution in [0, 0.1) is 0 Å². The molecule has 0 saturated heterocycles. The van der Waals surface area contributed by atoms with Crippen LogP contribution in [-0.4, -0.2) is 77.6 Å². The number of fused-ring (bicyclic) bond motifs is 2. The van der Waals surface area contributed by atoms with Gasteiger partial charge in [0.2, 0.25) is 20.0 Å². The summed E-state index contributed by atoms with van der Waals surface area (Å²) in [6, 6.07) is 11.5. The summed E-state index contributed by atoms with van der Waals surface area (Å²) in [5.74, 6) is -0.151. The van der Waals surface area contributed by atoms with Crippen molar-refractivity contribution in [2.24, 2.45) is 0 Å². The molecule has 0 unspecified atom stereocenters. The van der Waals surface area contributed by atoms with Crippen LogP contribution in [-0.2, 0) is 49.3 Å². The number of likely N-dealkylation sites (N-methyl/N-ethyl adjacent to an activating group) is 1. The van der Waals surface area contributed by atoms with Crippen molar-refractivity contribution in [1.29, 1.82) is 0 Å². The Bertz CT molecular complexity index is 1660. The molecule has 2 heterocycles. The fraction of sp³-hybridized carbons (Fsp3) is 0.346. The molecule has 0 aliphatic rings. The van der Waals surface area contributed by atoms with Gasteiger partial charge in [0.25, 0.3) is 6.47 Å². The number of hydrogen-bond acceptors (Lipinski definition) is 6. The second kappa shape index (κ2) is 12.7. The summed E-state index contributed by atoms with van der Waals surface area (Å²) in [4.78, 5) is 13.8. The first kappa shape index (κ1) is 30.3. The van der Waals surface area contributed by atoms with Crippen LogP contribution in [0.15, 0.2) is 48.8 Å². The lowest BCUT2D eigenvalue weighted by molar-refractivity contribution is -0.122. The van der Waals surface area contributed by atoms with Gasteiger partial charge in [-0.05, 0) is 81.1 Å². The fourth-order valence-electron chi connectivity index (χ4n) is 4.39. The van der Waals surface area contributed by atoms with Crippen molar-refractivity contribution < 1.29 is 26.7 Å². The zero-order chi connectivity index (χ0) is 28.8. The number of carbonyl (C=O) groups is 1. The lowest BCUT2D eigenvalue weighted by Crippen LogP contribution is -2.20. The van der Waals surface area contributed by atoms with E-state index in [4.69, 9.17) is 9.90 Å². The average molecular weight is 578 g/mol. The van der Waals surface area contributed by atoms with Crippen LogP contribution in [0.4, 0.5) is 0 Å². The van der Waals surface area contributed by atoms with E-state index in [0.717, 1.165) is 57.0 Å². The van der Waals surface area contributed by atoms with Gasteiger partial charge in [0.1, 0.15) is 0 Å². The molecule has 4 aromatic rings. The van der Waals surface area contributed by atoms with E-state index in [0.29, 0.717) is 6.54 Å². The molecular formula is C26H35N5O6S2. The van der Waals surface area contributed by atoms with E-state index in [9.17, 15) is 16.8 Å². The maximum Gasteiger partial charge on any atom is 0.290 e. The molecule has 0 radical (unpaired) electrons. The second-order valence-electron chi connectivity index (χ2n) is 9.41. The number of nitrogens with one attached hydrogen (secondary N) is 3. The highest BCUT2D eigenvalue weighted by Gasteiger charge is 2.16. The Morgan fingerprint density at radius 1 is 0.923 bits per heavy atom. The number of aromatic amines is 1. The van der Waals surface area contributed by atoms with E-state index in [2.05, 4.69) is 30.1 Å². The van der Waals surface area contributed by atoms with E-state index < -0.39 is 20.0 Å². The number of nitrogens with zero attached hydrogens (tertiary/aromatic N) is 2. The van der Waals surface area contributed by atoms with Crippen LogP contribution >= 0.6 is 0 Å². The SMILES string of the molecule is CNS(=O)(=O)Cc1ccc2[nH]cc(Cn3cc(CCN(C)C)c4cc(CS(=O)(=O)NC)ccc43)c2c1.O=CO. The van der Waals surface area contributed by atoms with Gasteiger partial charge in [0.15, 0.2) is 0 Å². The van der Waals surface area contributed by atoms with Crippen LogP contribution in [0.5, 0.6) is 0 Å². The highest BCUT2D eigenvalue weighted by molar-refractivity contribution is 7.88. The summed E-state index contributed by atoms with van der Waals surface area (Å²) in [6.45, 7) is 1.21. The first-order chi connectivity index (χ1) is 18.4. The Hall–Kier alpha value is -3.23. The summed E-state index contributed by atoms with van der Waals surface area (Å²) in [6.07, 6.45) is 4.93. The summed E-state index contributed by atoms with van der Waals surface area (Å²) in [7, 11) is 0.156. The van der Waals surface area contributed by atoms with E-state index in [1.165, 1.54) is 14.1 Å². The highest BCUT2D eigenvalue weighted by atomic mass is 32.2. The minimum absolute atomic E-state index is 0.0709.